The zero-order chi connectivity index (χ0) is 17.6. The molecule has 2 amide bonds. The summed E-state index contributed by atoms with van der Waals surface area (Å²) in [6.45, 7) is 10.0. The molecule has 0 aromatic heterocycles. The summed E-state index contributed by atoms with van der Waals surface area (Å²) in [6.07, 6.45) is 0.0299. The van der Waals surface area contributed by atoms with Crippen molar-refractivity contribution >= 4 is 11.8 Å². The number of carbonyl (C=O) groups is 2. The van der Waals surface area contributed by atoms with E-state index < -0.39 is 12.1 Å². The average Bonchev–Trinajstić information content (AvgIpc) is 2.45. The van der Waals surface area contributed by atoms with Crippen LogP contribution in [0.25, 0.3) is 0 Å². The van der Waals surface area contributed by atoms with Crippen molar-refractivity contribution in [2.45, 2.75) is 58.6 Å². The van der Waals surface area contributed by atoms with Gasteiger partial charge in [-0.1, -0.05) is 32.9 Å². The normalized spacial score (nSPS) is 14.0. The van der Waals surface area contributed by atoms with Gasteiger partial charge in [-0.3, -0.25) is 9.59 Å². The van der Waals surface area contributed by atoms with Crippen LogP contribution in [0.3, 0.4) is 0 Å². The number of rotatable bonds is 6. The van der Waals surface area contributed by atoms with Gasteiger partial charge in [0, 0.05) is 12.1 Å². The second kappa shape index (κ2) is 8.11. The average molecular weight is 320 g/mol. The van der Waals surface area contributed by atoms with Crippen molar-refractivity contribution in [3.8, 4) is 0 Å². The Morgan fingerprint density at radius 3 is 2.17 bits per heavy atom. The molecule has 0 saturated carbocycles. The Hall–Kier alpha value is -1.88. The number of amides is 2. The molecule has 0 radical (unpaired) electrons. The van der Waals surface area contributed by atoms with Gasteiger partial charge in [0.2, 0.25) is 5.91 Å². The minimum absolute atomic E-state index is 0.0338. The molecule has 2 atom stereocenters. The zero-order valence-electron chi connectivity index (χ0n) is 14.6. The van der Waals surface area contributed by atoms with Crippen LogP contribution in [-0.2, 0) is 10.2 Å². The predicted octanol–water partition coefficient (Wildman–Crippen LogP) is 1.99. The lowest BCUT2D eigenvalue weighted by Crippen LogP contribution is -2.45. The Morgan fingerprint density at radius 2 is 1.70 bits per heavy atom. The van der Waals surface area contributed by atoms with Gasteiger partial charge in [0.25, 0.3) is 5.91 Å². The van der Waals surface area contributed by atoms with Gasteiger partial charge in [-0.2, -0.15) is 0 Å². The first-order valence-corrected chi connectivity index (χ1v) is 7.98. The number of carbonyl (C=O) groups excluding carboxylic acids is 2. The molecule has 1 aromatic carbocycles. The molecular formula is C18H28N2O3. The fourth-order valence-electron chi connectivity index (χ4n) is 2.02. The number of benzene rings is 1. The Kier molecular flexibility index (Phi) is 6.76. The van der Waals surface area contributed by atoms with Gasteiger partial charge in [0.05, 0.1) is 6.10 Å². The van der Waals surface area contributed by atoms with Crippen LogP contribution in [0.5, 0.6) is 0 Å². The highest BCUT2D eigenvalue weighted by Crippen LogP contribution is 2.22. The number of hydrogen-bond donors (Lipinski definition) is 3. The summed E-state index contributed by atoms with van der Waals surface area (Å²) in [5.41, 5.74) is 1.71. The molecule has 2 unspecified atom stereocenters. The molecule has 0 aliphatic heterocycles. The fraction of sp³-hybridized carbons (Fsp3) is 0.556. The lowest BCUT2D eigenvalue weighted by Gasteiger charge is -2.19. The SMILES string of the molecule is CC(O)CCNC(=O)C(C)NC(=O)c1ccc(C(C)(C)C)cc1. The molecule has 5 heteroatoms. The third kappa shape index (κ3) is 6.40. The summed E-state index contributed by atoms with van der Waals surface area (Å²) in [5.74, 6) is -0.533. The summed E-state index contributed by atoms with van der Waals surface area (Å²) < 4.78 is 0. The van der Waals surface area contributed by atoms with E-state index in [-0.39, 0.29) is 17.2 Å². The predicted molar refractivity (Wildman–Crippen MR) is 91.4 cm³/mol. The van der Waals surface area contributed by atoms with Crippen LogP contribution >= 0.6 is 0 Å². The second-order valence-electron chi connectivity index (χ2n) is 6.95. The van der Waals surface area contributed by atoms with Crippen molar-refractivity contribution in [3.05, 3.63) is 35.4 Å². The quantitative estimate of drug-likeness (QED) is 0.750. The molecule has 0 saturated heterocycles. The van der Waals surface area contributed by atoms with Crippen LogP contribution < -0.4 is 10.6 Å². The Bertz CT molecular complexity index is 530. The van der Waals surface area contributed by atoms with Crippen LogP contribution in [0.1, 0.15) is 57.0 Å². The molecule has 0 bridgehead atoms. The molecule has 0 heterocycles. The van der Waals surface area contributed by atoms with Crippen LogP contribution in [0.15, 0.2) is 24.3 Å². The summed E-state index contributed by atoms with van der Waals surface area (Å²) in [6, 6.07) is 6.78. The van der Waals surface area contributed by atoms with Crippen LogP contribution in [-0.4, -0.2) is 35.6 Å². The van der Waals surface area contributed by atoms with E-state index in [1.807, 2.05) is 12.1 Å². The highest BCUT2D eigenvalue weighted by molar-refractivity contribution is 5.97. The van der Waals surface area contributed by atoms with Crippen molar-refractivity contribution in [2.75, 3.05) is 6.54 Å². The second-order valence-corrected chi connectivity index (χ2v) is 6.95. The van der Waals surface area contributed by atoms with Gasteiger partial charge >= 0.3 is 0 Å². The van der Waals surface area contributed by atoms with E-state index >= 15 is 0 Å². The number of aliphatic hydroxyl groups excluding tert-OH is 1. The minimum Gasteiger partial charge on any atom is -0.393 e. The number of hydrogen-bond acceptors (Lipinski definition) is 3. The molecule has 5 nitrogen and oxygen atoms in total. The third-order valence-electron chi connectivity index (χ3n) is 3.62. The number of nitrogens with one attached hydrogen (secondary N) is 2. The molecule has 128 valence electrons. The van der Waals surface area contributed by atoms with E-state index in [4.69, 9.17) is 5.11 Å². The van der Waals surface area contributed by atoms with Gasteiger partial charge in [0.1, 0.15) is 6.04 Å². The van der Waals surface area contributed by atoms with E-state index in [1.54, 1.807) is 26.0 Å². The zero-order valence-corrected chi connectivity index (χ0v) is 14.6. The maximum atomic E-state index is 12.2. The lowest BCUT2D eigenvalue weighted by molar-refractivity contribution is -0.122. The van der Waals surface area contributed by atoms with E-state index in [1.165, 1.54) is 0 Å². The van der Waals surface area contributed by atoms with Crippen molar-refractivity contribution in [1.82, 2.24) is 10.6 Å². The maximum absolute atomic E-state index is 12.2. The monoisotopic (exact) mass is 320 g/mol. The smallest absolute Gasteiger partial charge is 0.251 e. The first-order valence-electron chi connectivity index (χ1n) is 7.98. The molecule has 0 aliphatic rings. The van der Waals surface area contributed by atoms with Crippen LogP contribution in [0.4, 0.5) is 0 Å². The molecule has 0 spiro atoms. The van der Waals surface area contributed by atoms with Crippen molar-refractivity contribution < 1.29 is 14.7 Å². The van der Waals surface area contributed by atoms with Gasteiger partial charge in [-0.05, 0) is 43.4 Å². The Morgan fingerprint density at radius 1 is 1.13 bits per heavy atom. The summed E-state index contributed by atoms with van der Waals surface area (Å²) >= 11 is 0. The first-order chi connectivity index (χ1) is 10.6. The van der Waals surface area contributed by atoms with Crippen molar-refractivity contribution in [3.63, 3.8) is 0 Å². The fourth-order valence-corrected chi connectivity index (χ4v) is 2.02. The Balaban J connectivity index is 2.56. The van der Waals surface area contributed by atoms with Crippen LogP contribution in [0.2, 0.25) is 0 Å². The standard InChI is InChI=1S/C18H28N2O3/c1-12(21)10-11-19-16(22)13(2)20-17(23)14-6-8-15(9-7-14)18(3,4)5/h6-9,12-13,21H,10-11H2,1-5H3,(H,19,22)(H,20,23). The van der Waals surface area contributed by atoms with Gasteiger partial charge < -0.3 is 15.7 Å². The minimum atomic E-state index is -0.626. The van der Waals surface area contributed by atoms with Crippen molar-refractivity contribution in [2.24, 2.45) is 0 Å². The van der Waals surface area contributed by atoms with Gasteiger partial charge in [0.15, 0.2) is 0 Å². The van der Waals surface area contributed by atoms with Crippen LogP contribution in [0, 0.1) is 0 Å². The van der Waals surface area contributed by atoms with Crippen molar-refractivity contribution in [1.29, 1.82) is 0 Å². The molecule has 23 heavy (non-hydrogen) atoms. The van der Waals surface area contributed by atoms with Gasteiger partial charge in [-0.25, -0.2) is 0 Å². The summed E-state index contributed by atoms with van der Waals surface area (Å²) in [5, 5.41) is 14.5. The summed E-state index contributed by atoms with van der Waals surface area (Å²) in [4.78, 5) is 24.0. The van der Waals surface area contributed by atoms with E-state index in [0.717, 1.165) is 5.56 Å². The molecule has 1 rings (SSSR count). The highest BCUT2D eigenvalue weighted by Gasteiger charge is 2.18. The Labute approximate surface area is 138 Å². The molecule has 1 aromatic rings. The third-order valence-corrected chi connectivity index (χ3v) is 3.62. The molecule has 3 N–H and O–H groups in total. The maximum Gasteiger partial charge on any atom is 0.251 e. The highest BCUT2D eigenvalue weighted by atomic mass is 16.3. The van der Waals surface area contributed by atoms with E-state index in [2.05, 4.69) is 31.4 Å². The largest absolute Gasteiger partial charge is 0.393 e. The molecule has 0 aliphatic carbocycles. The lowest BCUT2D eigenvalue weighted by atomic mass is 9.86. The molecule has 0 fully saturated rings. The number of aliphatic hydroxyl groups is 1. The van der Waals surface area contributed by atoms with E-state index in [0.29, 0.717) is 18.5 Å². The summed E-state index contributed by atoms with van der Waals surface area (Å²) in [7, 11) is 0. The topological polar surface area (TPSA) is 78.4 Å². The first kappa shape index (κ1) is 19.2. The van der Waals surface area contributed by atoms with E-state index in [9.17, 15) is 9.59 Å². The van der Waals surface area contributed by atoms with Gasteiger partial charge in [-0.15, -0.1) is 0 Å². The molecular weight excluding hydrogens is 292 g/mol.